The van der Waals surface area contributed by atoms with Crippen LogP contribution in [0.4, 0.5) is 11.5 Å². The van der Waals surface area contributed by atoms with Crippen LogP contribution in [0.1, 0.15) is 43.0 Å². The Balaban J connectivity index is 1.88. The molecule has 1 aromatic heterocycles. The molecule has 1 atom stereocenters. The van der Waals surface area contributed by atoms with Gasteiger partial charge in [-0.3, -0.25) is 0 Å². The van der Waals surface area contributed by atoms with Crippen molar-refractivity contribution < 1.29 is 14.3 Å². The number of ether oxygens (including phenoxy) is 2. The fraction of sp³-hybridized carbons (Fsp3) is 0.600. The zero-order valence-corrected chi connectivity index (χ0v) is 12.4. The number of hydrogen-bond donors (Lipinski definition) is 2. The molecular formula is C15H23N3O3. The second-order valence-electron chi connectivity index (χ2n) is 5.08. The van der Waals surface area contributed by atoms with Gasteiger partial charge in [0.2, 0.25) is 0 Å². The highest BCUT2D eigenvalue weighted by Crippen LogP contribution is 2.18. The van der Waals surface area contributed by atoms with Crippen LogP contribution in [0.5, 0.6) is 0 Å². The first-order chi connectivity index (χ1) is 10.2. The quantitative estimate of drug-likeness (QED) is 0.782. The van der Waals surface area contributed by atoms with Gasteiger partial charge in [0.1, 0.15) is 5.82 Å². The minimum Gasteiger partial charge on any atom is -0.462 e. The van der Waals surface area contributed by atoms with Crippen LogP contribution in [0.15, 0.2) is 12.3 Å². The lowest BCUT2D eigenvalue weighted by atomic mass is 10.1. The van der Waals surface area contributed by atoms with Crippen LogP contribution in [-0.4, -0.2) is 36.8 Å². The SMILES string of the molecule is CCOC(=O)c1cc(NCCC2CCCCO2)ncc1N. The molecule has 116 valence electrons. The summed E-state index contributed by atoms with van der Waals surface area (Å²) in [5.41, 5.74) is 6.43. The molecule has 1 aliphatic rings. The second-order valence-corrected chi connectivity index (χ2v) is 5.08. The van der Waals surface area contributed by atoms with Crippen LogP contribution in [0.2, 0.25) is 0 Å². The Morgan fingerprint density at radius 3 is 3.14 bits per heavy atom. The molecule has 0 saturated carbocycles. The van der Waals surface area contributed by atoms with E-state index in [4.69, 9.17) is 15.2 Å². The molecule has 21 heavy (non-hydrogen) atoms. The Morgan fingerprint density at radius 1 is 1.57 bits per heavy atom. The molecule has 1 saturated heterocycles. The fourth-order valence-corrected chi connectivity index (χ4v) is 2.34. The summed E-state index contributed by atoms with van der Waals surface area (Å²) in [6, 6.07) is 1.63. The van der Waals surface area contributed by atoms with Gasteiger partial charge in [0.15, 0.2) is 0 Å². The number of nitrogens with two attached hydrogens (primary N) is 1. The third kappa shape index (κ3) is 4.60. The lowest BCUT2D eigenvalue weighted by Crippen LogP contribution is -2.22. The van der Waals surface area contributed by atoms with Crippen LogP contribution in [-0.2, 0) is 9.47 Å². The monoisotopic (exact) mass is 293 g/mol. The Bertz CT molecular complexity index is 473. The van der Waals surface area contributed by atoms with E-state index in [0.717, 1.165) is 32.4 Å². The van der Waals surface area contributed by atoms with Gasteiger partial charge in [0, 0.05) is 13.2 Å². The number of nitrogen functional groups attached to an aromatic ring is 1. The normalized spacial score (nSPS) is 18.2. The number of nitrogens with one attached hydrogen (secondary N) is 1. The fourth-order valence-electron chi connectivity index (χ4n) is 2.34. The topological polar surface area (TPSA) is 86.5 Å². The van der Waals surface area contributed by atoms with Crippen LogP contribution in [0.25, 0.3) is 0 Å². The van der Waals surface area contributed by atoms with Crippen LogP contribution < -0.4 is 11.1 Å². The molecule has 3 N–H and O–H groups in total. The lowest BCUT2D eigenvalue weighted by Gasteiger charge is -2.22. The van der Waals surface area contributed by atoms with Gasteiger partial charge in [-0.25, -0.2) is 9.78 Å². The van der Waals surface area contributed by atoms with Crippen molar-refractivity contribution in [3.63, 3.8) is 0 Å². The summed E-state index contributed by atoms with van der Waals surface area (Å²) in [5, 5.41) is 3.20. The third-order valence-electron chi connectivity index (χ3n) is 3.48. The molecule has 0 bridgehead atoms. The summed E-state index contributed by atoms with van der Waals surface area (Å²) in [4.78, 5) is 15.9. The first-order valence-corrected chi connectivity index (χ1v) is 7.48. The minimum atomic E-state index is -0.420. The van der Waals surface area contributed by atoms with E-state index in [2.05, 4.69) is 10.3 Å². The number of rotatable bonds is 6. The molecule has 2 heterocycles. The smallest absolute Gasteiger partial charge is 0.340 e. The zero-order valence-electron chi connectivity index (χ0n) is 12.4. The van der Waals surface area contributed by atoms with Crippen molar-refractivity contribution >= 4 is 17.5 Å². The highest BCUT2D eigenvalue weighted by Gasteiger charge is 2.14. The molecule has 0 spiro atoms. The number of carbonyl (C=O) groups excluding carboxylic acids is 1. The predicted octanol–water partition coefficient (Wildman–Crippen LogP) is 2.21. The largest absolute Gasteiger partial charge is 0.462 e. The third-order valence-corrected chi connectivity index (χ3v) is 3.48. The Hall–Kier alpha value is -1.82. The second kappa shape index (κ2) is 7.83. The molecule has 1 aromatic rings. The summed E-state index contributed by atoms with van der Waals surface area (Å²) in [6.07, 6.45) is 6.24. The summed E-state index contributed by atoms with van der Waals surface area (Å²) in [6.45, 7) is 3.70. The summed E-state index contributed by atoms with van der Waals surface area (Å²) in [7, 11) is 0. The van der Waals surface area contributed by atoms with E-state index in [-0.39, 0.29) is 0 Å². The van der Waals surface area contributed by atoms with Crippen molar-refractivity contribution in [2.24, 2.45) is 0 Å². The number of pyridine rings is 1. The predicted molar refractivity (Wildman–Crippen MR) is 81.3 cm³/mol. The highest BCUT2D eigenvalue weighted by atomic mass is 16.5. The Kier molecular flexibility index (Phi) is 5.80. The van der Waals surface area contributed by atoms with E-state index < -0.39 is 5.97 Å². The molecule has 0 aliphatic carbocycles. The minimum absolute atomic E-state index is 0.322. The van der Waals surface area contributed by atoms with Crippen LogP contribution >= 0.6 is 0 Å². The molecule has 1 fully saturated rings. The van der Waals surface area contributed by atoms with Crippen molar-refractivity contribution in [2.75, 3.05) is 30.8 Å². The van der Waals surface area contributed by atoms with Crippen molar-refractivity contribution in [1.82, 2.24) is 4.98 Å². The maximum Gasteiger partial charge on any atom is 0.340 e. The van der Waals surface area contributed by atoms with Gasteiger partial charge in [-0.05, 0) is 38.7 Å². The maximum atomic E-state index is 11.8. The van der Waals surface area contributed by atoms with Crippen LogP contribution in [0, 0.1) is 0 Å². The number of aromatic nitrogens is 1. The molecule has 1 aliphatic heterocycles. The van der Waals surface area contributed by atoms with Gasteiger partial charge in [-0.1, -0.05) is 0 Å². The standard InChI is InChI=1S/C15H23N3O3/c1-2-20-15(19)12-9-14(18-10-13(12)16)17-7-6-11-5-3-4-8-21-11/h9-11H,2-8,16H2,1H3,(H,17,18). The van der Waals surface area contributed by atoms with E-state index in [0.29, 0.717) is 29.8 Å². The molecule has 2 rings (SSSR count). The molecule has 0 radical (unpaired) electrons. The molecule has 6 heteroatoms. The first-order valence-electron chi connectivity index (χ1n) is 7.48. The number of nitrogens with zero attached hydrogens (tertiary/aromatic N) is 1. The number of esters is 1. The summed E-state index contributed by atoms with van der Waals surface area (Å²) in [5.74, 6) is 0.208. The molecule has 0 amide bonds. The van der Waals surface area contributed by atoms with Crippen molar-refractivity contribution in [2.45, 2.75) is 38.7 Å². The van der Waals surface area contributed by atoms with Gasteiger partial charge in [-0.15, -0.1) is 0 Å². The van der Waals surface area contributed by atoms with E-state index >= 15 is 0 Å². The number of hydrogen-bond acceptors (Lipinski definition) is 6. The Morgan fingerprint density at radius 2 is 2.43 bits per heavy atom. The van der Waals surface area contributed by atoms with Gasteiger partial charge < -0.3 is 20.5 Å². The van der Waals surface area contributed by atoms with Crippen LogP contribution in [0.3, 0.4) is 0 Å². The lowest BCUT2D eigenvalue weighted by molar-refractivity contribution is 0.0134. The van der Waals surface area contributed by atoms with E-state index in [1.807, 2.05) is 0 Å². The molecular weight excluding hydrogens is 270 g/mol. The first kappa shape index (κ1) is 15.6. The van der Waals surface area contributed by atoms with E-state index in [9.17, 15) is 4.79 Å². The van der Waals surface area contributed by atoms with Crippen molar-refractivity contribution in [3.05, 3.63) is 17.8 Å². The van der Waals surface area contributed by atoms with Crippen molar-refractivity contribution in [3.8, 4) is 0 Å². The molecule has 1 unspecified atom stereocenters. The summed E-state index contributed by atoms with van der Waals surface area (Å²) < 4.78 is 10.6. The van der Waals surface area contributed by atoms with Gasteiger partial charge in [0.05, 0.1) is 30.2 Å². The van der Waals surface area contributed by atoms with Crippen molar-refractivity contribution in [1.29, 1.82) is 0 Å². The number of carbonyl (C=O) groups is 1. The van der Waals surface area contributed by atoms with E-state index in [1.54, 1.807) is 13.0 Å². The van der Waals surface area contributed by atoms with E-state index in [1.165, 1.54) is 12.6 Å². The van der Waals surface area contributed by atoms with Gasteiger partial charge >= 0.3 is 5.97 Å². The molecule has 0 aromatic carbocycles. The highest BCUT2D eigenvalue weighted by molar-refractivity contribution is 5.95. The number of anilines is 2. The van der Waals surface area contributed by atoms with Gasteiger partial charge in [-0.2, -0.15) is 0 Å². The summed E-state index contributed by atoms with van der Waals surface area (Å²) >= 11 is 0. The van der Waals surface area contributed by atoms with Gasteiger partial charge in [0.25, 0.3) is 0 Å². The molecule has 6 nitrogen and oxygen atoms in total. The average molecular weight is 293 g/mol. The zero-order chi connectivity index (χ0) is 15.1. The maximum absolute atomic E-state index is 11.8. The average Bonchev–Trinajstić information content (AvgIpc) is 2.50. The Labute approximate surface area is 125 Å².